The summed E-state index contributed by atoms with van der Waals surface area (Å²) >= 11 is 0. The Hall–Kier alpha value is -1.59. The maximum Gasteiger partial charge on any atom is 0.220 e. The van der Waals surface area contributed by atoms with Gasteiger partial charge >= 0.3 is 0 Å². The first-order valence-corrected chi connectivity index (χ1v) is 36.7. The van der Waals surface area contributed by atoms with Crippen LogP contribution in [0.1, 0.15) is 373 Å². The summed E-state index contributed by atoms with van der Waals surface area (Å²) in [6.07, 6.45) is 78.3. The Morgan fingerprint density at radius 3 is 1.04 bits per heavy atom. The molecule has 490 valence electrons. The molecule has 7 atom stereocenters. The lowest BCUT2D eigenvalue weighted by atomic mass is 9.99. The highest BCUT2D eigenvalue weighted by molar-refractivity contribution is 5.76. The minimum atomic E-state index is -1.57. The van der Waals surface area contributed by atoms with E-state index in [0.717, 1.165) is 44.9 Å². The standard InChI is InChI=1S/C74H141NO8/c1-3-5-7-9-11-13-15-17-19-21-23-25-27-29-31-33-34-36-38-40-42-44-46-48-50-52-54-56-58-60-62-64-70(78)75-67(66-82-74-73(81)72(80)71(79)69(65-76)83-74)68(77)63-61-59-57-55-53-51-49-47-45-43-41-39-37-35-32-30-28-26-24-22-20-18-16-14-12-10-8-6-4-2/h15,17,21,23,61,63,67-69,71-74,76-77,79-81H,3-14,16,18-20,22,24-60,62,64-66H2,1-2H3,(H,75,78)/b17-15-,23-21-,63-61+. The molecule has 1 aliphatic heterocycles. The normalized spacial score (nSPS) is 18.4. The fourth-order valence-corrected chi connectivity index (χ4v) is 12.0. The van der Waals surface area contributed by atoms with Crippen molar-refractivity contribution in [2.45, 2.75) is 416 Å². The fraction of sp³-hybridized carbons (Fsp3) is 0.905. The number of unbranched alkanes of at least 4 members (excludes halogenated alkanes) is 51. The third kappa shape index (κ3) is 52.1. The van der Waals surface area contributed by atoms with Gasteiger partial charge in [-0.1, -0.05) is 352 Å². The summed E-state index contributed by atoms with van der Waals surface area (Å²) in [6, 6.07) is -0.805. The van der Waals surface area contributed by atoms with Gasteiger partial charge in [-0.25, -0.2) is 0 Å². The number of carbonyl (C=O) groups is 1. The van der Waals surface area contributed by atoms with Gasteiger partial charge in [0.25, 0.3) is 0 Å². The first-order chi connectivity index (χ1) is 40.8. The second-order valence-corrected chi connectivity index (χ2v) is 25.7. The molecule has 0 aromatic heterocycles. The third-order valence-corrected chi connectivity index (χ3v) is 17.7. The highest BCUT2D eigenvalue weighted by Gasteiger charge is 2.44. The number of amides is 1. The lowest BCUT2D eigenvalue weighted by molar-refractivity contribution is -0.302. The summed E-state index contributed by atoms with van der Waals surface area (Å²) in [5, 5.41) is 54.8. The lowest BCUT2D eigenvalue weighted by Crippen LogP contribution is -2.60. The Morgan fingerprint density at radius 2 is 0.711 bits per heavy atom. The number of carbonyl (C=O) groups excluding carboxylic acids is 1. The zero-order valence-electron chi connectivity index (χ0n) is 55.0. The van der Waals surface area contributed by atoms with Gasteiger partial charge in [0.15, 0.2) is 6.29 Å². The summed E-state index contributed by atoms with van der Waals surface area (Å²) in [6.45, 7) is 3.83. The van der Waals surface area contributed by atoms with Gasteiger partial charge in [0.1, 0.15) is 24.4 Å². The molecular formula is C74H141NO8. The van der Waals surface area contributed by atoms with E-state index in [1.54, 1.807) is 6.08 Å². The second-order valence-electron chi connectivity index (χ2n) is 25.7. The number of hydrogen-bond acceptors (Lipinski definition) is 8. The van der Waals surface area contributed by atoms with Gasteiger partial charge in [0, 0.05) is 6.42 Å². The zero-order chi connectivity index (χ0) is 60.0. The van der Waals surface area contributed by atoms with Gasteiger partial charge in [-0.3, -0.25) is 4.79 Å². The number of allylic oxidation sites excluding steroid dienone is 5. The Bertz CT molecular complexity index is 1410. The van der Waals surface area contributed by atoms with Crippen LogP contribution in [0.5, 0.6) is 0 Å². The molecule has 0 aliphatic carbocycles. The van der Waals surface area contributed by atoms with Gasteiger partial charge in [-0.05, 0) is 51.4 Å². The van der Waals surface area contributed by atoms with Gasteiger partial charge in [0.05, 0.1) is 25.4 Å². The molecule has 6 N–H and O–H groups in total. The Kier molecular flexibility index (Phi) is 60.7. The molecule has 1 heterocycles. The van der Waals surface area contributed by atoms with Crippen molar-refractivity contribution in [1.82, 2.24) is 5.32 Å². The molecule has 0 aromatic rings. The van der Waals surface area contributed by atoms with E-state index in [0.29, 0.717) is 6.42 Å². The first kappa shape index (κ1) is 79.4. The smallest absolute Gasteiger partial charge is 0.220 e. The maximum atomic E-state index is 13.1. The Balaban J connectivity index is 2.10. The van der Waals surface area contributed by atoms with Crippen molar-refractivity contribution in [3.63, 3.8) is 0 Å². The monoisotopic (exact) mass is 1170 g/mol. The summed E-state index contributed by atoms with van der Waals surface area (Å²) in [5.41, 5.74) is 0. The average molecular weight is 1170 g/mol. The van der Waals surface area contributed by atoms with Crippen molar-refractivity contribution in [3.05, 3.63) is 36.5 Å². The van der Waals surface area contributed by atoms with Gasteiger partial charge < -0.3 is 40.3 Å². The largest absolute Gasteiger partial charge is 0.394 e. The Morgan fingerprint density at radius 1 is 0.410 bits per heavy atom. The molecule has 0 radical (unpaired) electrons. The van der Waals surface area contributed by atoms with E-state index in [-0.39, 0.29) is 12.5 Å². The van der Waals surface area contributed by atoms with Crippen LogP contribution in [-0.4, -0.2) is 87.5 Å². The molecule has 1 saturated heterocycles. The van der Waals surface area contributed by atoms with Crippen molar-refractivity contribution in [2.24, 2.45) is 0 Å². The van der Waals surface area contributed by atoms with Crippen LogP contribution in [0.25, 0.3) is 0 Å². The van der Waals surface area contributed by atoms with Crippen molar-refractivity contribution in [2.75, 3.05) is 13.2 Å². The van der Waals surface area contributed by atoms with E-state index in [9.17, 15) is 30.3 Å². The van der Waals surface area contributed by atoms with Crippen molar-refractivity contribution in [3.8, 4) is 0 Å². The molecule has 0 aromatic carbocycles. The topological polar surface area (TPSA) is 149 Å². The fourth-order valence-electron chi connectivity index (χ4n) is 12.0. The number of hydrogen-bond donors (Lipinski definition) is 6. The van der Waals surface area contributed by atoms with Gasteiger partial charge in [0.2, 0.25) is 5.91 Å². The molecule has 0 bridgehead atoms. The summed E-state index contributed by atoms with van der Waals surface area (Å²) in [5.74, 6) is -0.169. The molecule has 9 nitrogen and oxygen atoms in total. The van der Waals surface area contributed by atoms with Crippen molar-refractivity contribution < 1.29 is 39.8 Å². The first-order valence-electron chi connectivity index (χ1n) is 36.7. The maximum absolute atomic E-state index is 13.1. The minimum Gasteiger partial charge on any atom is -0.394 e. The van der Waals surface area contributed by atoms with Crippen LogP contribution >= 0.6 is 0 Å². The molecule has 1 fully saturated rings. The molecule has 1 aliphatic rings. The van der Waals surface area contributed by atoms with Crippen LogP contribution in [-0.2, 0) is 14.3 Å². The number of rotatable bonds is 65. The number of aliphatic hydroxyl groups is 5. The number of ether oxygens (including phenoxy) is 2. The third-order valence-electron chi connectivity index (χ3n) is 17.7. The molecule has 0 saturated carbocycles. The average Bonchev–Trinajstić information content (AvgIpc) is 3.61. The highest BCUT2D eigenvalue weighted by Crippen LogP contribution is 2.24. The predicted molar refractivity (Wildman–Crippen MR) is 355 cm³/mol. The van der Waals surface area contributed by atoms with Crippen LogP contribution in [0.2, 0.25) is 0 Å². The molecule has 1 amide bonds. The SMILES string of the molecule is CCCCCCC/C=C\C/C=C\CCCCCCCCCCCCCCCCCCCCCC(=O)NC(COC1OC(CO)C(O)C(O)C1O)C(O)/C=C/CCCCCCCCCCCCCCCCCCCCCCCCCCCCC. The zero-order valence-corrected chi connectivity index (χ0v) is 55.0. The van der Waals surface area contributed by atoms with Gasteiger partial charge in [-0.2, -0.15) is 0 Å². The molecule has 9 heteroatoms. The van der Waals surface area contributed by atoms with E-state index < -0.39 is 49.5 Å². The van der Waals surface area contributed by atoms with Crippen LogP contribution in [0, 0.1) is 0 Å². The molecular weight excluding hydrogens is 1030 g/mol. The van der Waals surface area contributed by atoms with E-state index in [4.69, 9.17) is 9.47 Å². The summed E-state index contributed by atoms with van der Waals surface area (Å²) < 4.78 is 11.3. The second kappa shape index (κ2) is 63.4. The van der Waals surface area contributed by atoms with Crippen LogP contribution in [0.15, 0.2) is 36.5 Å². The molecule has 83 heavy (non-hydrogen) atoms. The van der Waals surface area contributed by atoms with Crippen molar-refractivity contribution in [1.29, 1.82) is 0 Å². The lowest BCUT2D eigenvalue weighted by Gasteiger charge is -2.40. The van der Waals surface area contributed by atoms with Gasteiger partial charge in [-0.15, -0.1) is 0 Å². The number of nitrogens with one attached hydrogen (secondary N) is 1. The van der Waals surface area contributed by atoms with E-state index >= 15 is 0 Å². The summed E-state index contributed by atoms with van der Waals surface area (Å²) in [4.78, 5) is 13.1. The van der Waals surface area contributed by atoms with E-state index in [1.807, 2.05) is 6.08 Å². The van der Waals surface area contributed by atoms with E-state index in [1.165, 1.54) is 308 Å². The predicted octanol–water partition coefficient (Wildman–Crippen LogP) is 20.2. The molecule has 1 rings (SSSR count). The molecule has 7 unspecified atom stereocenters. The quantitative estimate of drug-likeness (QED) is 0.0261. The number of aliphatic hydroxyl groups excluding tert-OH is 5. The van der Waals surface area contributed by atoms with Crippen LogP contribution < -0.4 is 5.32 Å². The molecule has 0 spiro atoms. The van der Waals surface area contributed by atoms with E-state index in [2.05, 4.69) is 43.5 Å². The van der Waals surface area contributed by atoms with Crippen LogP contribution in [0.4, 0.5) is 0 Å². The van der Waals surface area contributed by atoms with Crippen LogP contribution in [0.3, 0.4) is 0 Å². The Labute approximate surface area is 514 Å². The summed E-state index contributed by atoms with van der Waals surface area (Å²) in [7, 11) is 0. The highest BCUT2D eigenvalue weighted by atomic mass is 16.7. The van der Waals surface area contributed by atoms with Crippen molar-refractivity contribution >= 4 is 5.91 Å². The minimum absolute atomic E-state index is 0.169.